The van der Waals surface area contributed by atoms with E-state index in [0.29, 0.717) is 10.1 Å². The molecule has 11 aromatic rings. The maximum Gasteiger partial charge on any atom is 0.145 e. The summed E-state index contributed by atoms with van der Waals surface area (Å²) in [5, 5.41) is 31.5. The van der Waals surface area contributed by atoms with Gasteiger partial charge >= 0.3 is 0 Å². The fourth-order valence-corrected chi connectivity index (χ4v) is 10.3. The fraction of sp³-hybridized carbons (Fsp3) is 0. The van der Waals surface area contributed by atoms with Gasteiger partial charge in [-0.1, -0.05) is 147 Å². The molecule has 3 heterocycles. The van der Waals surface area contributed by atoms with Crippen molar-refractivity contribution in [2.24, 2.45) is 0 Å². The van der Waals surface area contributed by atoms with Gasteiger partial charge in [0.05, 0.1) is 33.5 Å². The highest BCUT2D eigenvalue weighted by molar-refractivity contribution is 8.06. The van der Waals surface area contributed by atoms with E-state index in [0.717, 1.165) is 90.4 Å². The van der Waals surface area contributed by atoms with Gasteiger partial charge in [-0.3, -0.25) is 0 Å². The van der Waals surface area contributed by atoms with Crippen LogP contribution >= 0.6 is 23.5 Å². The van der Waals surface area contributed by atoms with Crippen LogP contribution in [-0.2, 0) is 0 Å². The predicted molar refractivity (Wildman–Crippen MR) is 267 cm³/mol. The Morgan fingerprint density at radius 2 is 0.719 bits per heavy atom. The first kappa shape index (κ1) is 38.8. The molecule has 0 aliphatic heterocycles. The lowest BCUT2D eigenvalue weighted by molar-refractivity contribution is 0.943. The molecular formula is C56H34N6S2. The van der Waals surface area contributed by atoms with Gasteiger partial charge < -0.3 is 9.13 Å². The third-order valence-electron chi connectivity index (χ3n) is 12.0. The van der Waals surface area contributed by atoms with E-state index in [-0.39, 0.29) is 0 Å². The standard InChI is InChI=1S/C52H28N6S2.C4H6/c53-29-59-51-52(60-30-54)56-50-42-28-26-36(32-19-23-34(24-20-32)58-45-15-7-3-11-39(45)40-12-4-8-16-46(40)58)47-35(25-27-41(48(42)47)49(50)55-51)31-17-21-33(22-18-31)57-43-13-5-1-9-37(43)38-10-2-6-14-44(38)57;1-3-4-2/h1-28H;3-4H,1-2H2. The van der Waals surface area contributed by atoms with E-state index < -0.39 is 0 Å². The number of nitriles is 2. The number of benzene rings is 8. The van der Waals surface area contributed by atoms with Crippen molar-refractivity contribution in [2.45, 2.75) is 10.1 Å². The molecular weight excluding hydrogens is 821 g/mol. The van der Waals surface area contributed by atoms with Crippen molar-refractivity contribution in [3.8, 4) is 66.9 Å². The Balaban J connectivity index is 0.00000110. The number of allylic oxidation sites excluding steroid dienone is 2. The molecule has 1 aliphatic rings. The molecule has 300 valence electrons. The molecule has 0 radical (unpaired) electrons. The molecule has 12 rings (SSSR count). The molecule has 0 saturated heterocycles. The Labute approximate surface area is 377 Å². The second-order valence-corrected chi connectivity index (χ2v) is 16.8. The fourth-order valence-electron chi connectivity index (χ4n) is 9.35. The topological polar surface area (TPSA) is 83.2 Å². The molecule has 3 aromatic heterocycles. The van der Waals surface area contributed by atoms with Crippen molar-refractivity contribution in [1.82, 2.24) is 19.1 Å². The highest BCUT2D eigenvalue weighted by Gasteiger charge is 2.29. The molecule has 0 unspecified atom stereocenters. The lowest BCUT2D eigenvalue weighted by atomic mass is 9.88. The normalized spacial score (nSPS) is 11.3. The summed E-state index contributed by atoms with van der Waals surface area (Å²) in [6.45, 7) is 6.72. The Morgan fingerprint density at radius 3 is 1.05 bits per heavy atom. The summed E-state index contributed by atoms with van der Waals surface area (Å²) in [5.74, 6) is 0. The summed E-state index contributed by atoms with van der Waals surface area (Å²) in [6.07, 6.45) is 3.28. The van der Waals surface area contributed by atoms with Gasteiger partial charge in [-0.25, -0.2) is 9.97 Å². The molecule has 8 heteroatoms. The van der Waals surface area contributed by atoms with Crippen molar-refractivity contribution < 1.29 is 0 Å². The lowest BCUT2D eigenvalue weighted by Crippen LogP contribution is -1.95. The maximum absolute atomic E-state index is 9.63. The summed E-state index contributed by atoms with van der Waals surface area (Å²) in [7, 11) is 0. The minimum Gasteiger partial charge on any atom is -0.309 e. The summed E-state index contributed by atoms with van der Waals surface area (Å²) < 4.78 is 4.68. The van der Waals surface area contributed by atoms with E-state index in [4.69, 9.17) is 9.97 Å². The number of hydrogen-bond acceptors (Lipinski definition) is 6. The Hall–Kier alpha value is -8.14. The quantitative estimate of drug-likeness (QED) is 0.0902. The Morgan fingerprint density at radius 1 is 0.406 bits per heavy atom. The van der Waals surface area contributed by atoms with Crippen LogP contribution in [0.2, 0.25) is 0 Å². The third-order valence-corrected chi connectivity index (χ3v) is 13.3. The molecule has 0 bridgehead atoms. The van der Waals surface area contributed by atoms with Gasteiger partial charge in [0.15, 0.2) is 0 Å². The highest BCUT2D eigenvalue weighted by Crippen LogP contribution is 2.52. The van der Waals surface area contributed by atoms with Crippen molar-refractivity contribution >= 4 is 77.9 Å². The lowest BCUT2D eigenvalue weighted by Gasteiger charge is -2.16. The molecule has 0 saturated carbocycles. The highest BCUT2D eigenvalue weighted by atomic mass is 32.2. The van der Waals surface area contributed by atoms with Crippen LogP contribution in [0.25, 0.3) is 111 Å². The summed E-state index contributed by atoms with van der Waals surface area (Å²) in [5.41, 5.74) is 14.6. The van der Waals surface area contributed by atoms with E-state index in [2.05, 4.69) is 203 Å². The second-order valence-electron chi connectivity index (χ2n) is 15.3. The van der Waals surface area contributed by atoms with Crippen LogP contribution in [-0.4, -0.2) is 19.1 Å². The molecule has 0 fully saturated rings. The SMILES string of the molecule is C=CC=C.N#CSc1nc2c(nc1SC#N)-c1ccc(-c3ccc(-n4c5ccccc5c5ccccc54)cc3)c3c(-c4ccc(-n5c6ccccc6c6ccccc65)cc4)ccc-2c13. The Kier molecular flexibility index (Phi) is 9.66. The van der Waals surface area contributed by atoms with Crippen LogP contribution < -0.4 is 0 Å². The molecule has 1 aliphatic carbocycles. The van der Waals surface area contributed by atoms with Crippen LogP contribution in [0.3, 0.4) is 0 Å². The van der Waals surface area contributed by atoms with Gasteiger partial charge in [-0.2, -0.15) is 10.5 Å². The Bertz CT molecular complexity index is 3440. The maximum atomic E-state index is 9.63. The van der Waals surface area contributed by atoms with Crippen molar-refractivity contribution in [3.63, 3.8) is 0 Å². The van der Waals surface area contributed by atoms with Gasteiger partial charge in [0.2, 0.25) is 0 Å². The number of aromatic nitrogens is 4. The van der Waals surface area contributed by atoms with Crippen molar-refractivity contribution in [1.29, 1.82) is 10.5 Å². The van der Waals surface area contributed by atoms with E-state index in [1.54, 1.807) is 12.2 Å². The summed E-state index contributed by atoms with van der Waals surface area (Å²) >= 11 is 1.87. The molecule has 0 N–H and O–H groups in total. The van der Waals surface area contributed by atoms with E-state index >= 15 is 0 Å². The molecule has 64 heavy (non-hydrogen) atoms. The second kappa shape index (κ2) is 16.0. The number of fused-ring (bicyclic) bond motifs is 9. The van der Waals surface area contributed by atoms with E-state index in [1.807, 2.05) is 0 Å². The zero-order chi connectivity index (χ0) is 43.3. The van der Waals surface area contributed by atoms with Crippen molar-refractivity contribution in [3.05, 3.63) is 195 Å². The smallest absolute Gasteiger partial charge is 0.145 e. The minimum atomic E-state index is 0.439. The average molecular weight is 855 g/mol. The van der Waals surface area contributed by atoms with Gasteiger partial charge in [0, 0.05) is 73.0 Å². The van der Waals surface area contributed by atoms with E-state index in [9.17, 15) is 10.5 Å². The van der Waals surface area contributed by atoms with Gasteiger partial charge in [-0.05, 0) is 76.2 Å². The predicted octanol–water partition coefficient (Wildman–Crippen LogP) is 15.3. The van der Waals surface area contributed by atoms with Gasteiger partial charge in [-0.15, -0.1) is 0 Å². The zero-order valence-electron chi connectivity index (χ0n) is 34.2. The molecule has 0 atom stereocenters. The number of rotatable bonds is 7. The van der Waals surface area contributed by atoms with Crippen LogP contribution in [0.15, 0.2) is 205 Å². The first-order chi connectivity index (χ1) is 31.6. The first-order valence-electron chi connectivity index (χ1n) is 20.7. The van der Waals surface area contributed by atoms with Crippen LogP contribution in [0.4, 0.5) is 0 Å². The third kappa shape index (κ3) is 6.12. The largest absolute Gasteiger partial charge is 0.309 e. The minimum absolute atomic E-state index is 0.439. The van der Waals surface area contributed by atoms with Crippen LogP contribution in [0.5, 0.6) is 0 Å². The number of nitrogens with zero attached hydrogens (tertiary/aromatic N) is 6. The molecule has 0 amide bonds. The molecule has 0 spiro atoms. The number of hydrogen-bond donors (Lipinski definition) is 0. The zero-order valence-corrected chi connectivity index (χ0v) is 35.9. The first-order valence-corrected chi connectivity index (χ1v) is 22.3. The summed E-state index contributed by atoms with van der Waals surface area (Å²) in [6, 6.07) is 60.7. The number of thiocyanates is 2. The van der Waals surface area contributed by atoms with Crippen molar-refractivity contribution in [2.75, 3.05) is 0 Å². The van der Waals surface area contributed by atoms with Gasteiger partial charge in [0.1, 0.15) is 20.9 Å². The van der Waals surface area contributed by atoms with Crippen LogP contribution in [0.1, 0.15) is 0 Å². The van der Waals surface area contributed by atoms with Crippen LogP contribution in [0, 0.1) is 21.3 Å². The monoisotopic (exact) mass is 854 g/mol. The van der Waals surface area contributed by atoms with E-state index in [1.165, 1.54) is 43.6 Å². The molecule has 6 nitrogen and oxygen atoms in total. The number of para-hydroxylation sites is 4. The average Bonchev–Trinajstić information content (AvgIpc) is 3.98. The molecule has 8 aromatic carbocycles. The number of thioether (sulfide) groups is 2. The van der Waals surface area contributed by atoms with Gasteiger partial charge in [0.25, 0.3) is 0 Å². The summed E-state index contributed by atoms with van der Waals surface area (Å²) in [4.78, 5) is 9.97.